The van der Waals surface area contributed by atoms with Crippen molar-refractivity contribution in [3.63, 3.8) is 0 Å². The van der Waals surface area contributed by atoms with Crippen LogP contribution < -0.4 is 10.6 Å². The molecule has 2 aromatic rings. The van der Waals surface area contributed by atoms with Crippen molar-refractivity contribution >= 4 is 11.6 Å². The second-order valence-corrected chi connectivity index (χ2v) is 3.93. The van der Waals surface area contributed by atoms with E-state index < -0.39 is 0 Å². The van der Waals surface area contributed by atoms with E-state index in [0.717, 1.165) is 17.2 Å². The molecule has 2 rings (SSSR count). The molecule has 2 heterocycles. The van der Waals surface area contributed by atoms with Crippen LogP contribution in [0.2, 0.25) is 0 Å². The summed E-state index contributed by atoms with van der Waals surface area (Å²) in [5.41, 5.74) is 7.60. The van der Waals surface area contributed by atoms with Crippen LogP contribution in [-0.4, -0.2) is 22.0 Å². The Kier molecular flexibility index (Phi) is 3.18. The molecule has 17 heavy (non-hydrogen) atoms. The van der Waals surface area contributed by atoms with Gasteiger partial charge in [0.05, 0.1) is 24.6 Å². The van der Waals surface area contributed by atoms with Gasteiger partial charge in [0.1, 0.15) is 11.6 Å². The number of nitrogens with zero attached hydrogens (tertiary/aromatic N) is 4. The summed E-state index contributed by atoms with van der Waals surface area (Å²) in [6, 6.07) is 5.96. The highest BCUT2D eigenvalue weighted by Gasteiger charge is 2.05. The van der Waals surface area contributed by atoms with Crippen molar-refractivity contribution in [3.05, 3.63) is 42.0 Å². The summed E-state index contributed by atoms with van der Waals surface area (Å²) in [4.78, 5) is 14.6. The second kappa shape index (κ2) is 4.78. The fourth-order valence-corrected chi connectivity index (χ4v) is 1.57. The van der Waals surface area contributed by atoms with Crippen molar-refractivity contribution < 1.29 is 0 Å². The topological polar surface area (TPSA) is 67.9 Å². The number of anilines is 2. The van der Waals surface area contributed by atoms with Crippen LogP contribution in [0.5, 0.6) is 0 Å². The Morgan fingerprint density at radius 1 is 1.24 bits per heavy atom. The Morgan fingerprint density at radius 3 is 2.76 bits per heavy atom. The number of nitrogen functional groups attached to an aromatic ring is 1. The second-order valence-electron chi connectivity index (χ2n) is 3.93. The molecule has 0 saturated carbocycles. The van der Waals surface area contributed by atoms with E-state index in [4.69, 9.17) is 5.73 Å². The number of hydrogen-bond donors (Lipinski definition) is 1. The highest BCUT2D eigenvalue weighted by molar-refractivity contribution is 5.40. The van der Waals surface area contributed by atoms with E-state index in [1.54, 1.807) is 6.20 Å². The Labute approximate surface area is 100 Å². The molecule has 0 aliphatic carbocycles. The maximum atomic E-state index is 5.60. The summed E-state index contributed by atoms with van der Waals surface area (Å²) in [5, 5.41) is 0. The Hall–Kier alpha value is -2.17. The minimum absolute atomic E-state index is 0.423. The molecule has 0 aliphatic rings. The smallest absolute Gasteiger partial charge is 0.149 e. The highest BCUT2D eigenvalue weighted by Crippen LogP contribution is 2.11. The zero-order valence-corrected chi connectivity index (χ0v) is 9.96. The first-order chi connectivity index (χ1) is 8.15. The van der Waals surface area contributed by atoms with Crippen molar-refractivity contribution in [3.8, 4) is 0 Å². The lowest BCUT2D eigenvalue weighted by Crippen LogP contribution is -2.19. The monoisotopic (exact) mass is 229 g/mol. The van der Waals surface area contributed by atoms with Crippen molar-refractivity contribution in [2.75, 3.05) is 17.7 Å². The van der Waals surface area contributed by atoms with Crippen molar-refractivity contribution in [1.82, 2.24) is 15.0 Å². The van der Waals surface area contributed by atoms with Gasteiger partial charge in [0.15, 0.2) is 0 Å². The fraction of sp³-hybridized carbons (Fsp3) is 0.250. The third-order valence-electron chi connectivity index (χ3n) is 2.38. The van der Waals surface area contributed by atoms with Crippen molar-refractivity contribution in [1.29, 1.82) is 0 Å². The number of rotatable bonds is 3. The van der Waals surface area contributed by atoms with E-state index >= 15 is 0 Å². The number of pyridine rings is 1. The lowest BCUT2D eigenvalue weighted by atomic mass is 10.3. The van der Waals surface area contributed by atoms with Gasteiger partial charge in [-0.05, 0) is 19.1 Å². The maximum Gasteiger partial charge on any atom is 0.149 e. The molecule has 5 heteroatoms. The highest BCUT2D eigenvalue weighted by atomic mass is 15.2. The average Bonchev–Trinajstić information content (AvgIpc) is 2.29. The first-order valence-corrected chi connectivity index (χ1v) is 5.36. The van der Waals surface area contributed by atoms with Gasteiger partial charge in [-0.15, -0.1) is 0 Å². The van der Waals surface area contributed by atoms with Crippen molar-refractivity contribution in [2.45, 2.75) is 13.5 Å². The molecule has 0 aromatic carbocycles. The van der Waals surface area contributed by atoms with E-state index in [-0.39, 0.29) is 0 Å². The number of nitrogens with two attached hydrogens (primary N) is 1. The van der Waals surface area contributed by atoms with Gasteiger partial charge >= 0.3 is 0 Å². The Bertz CT molecular complexity index is 512. The van der Waals surface area contributed by atoms with Crippen LogP contribution in [-0.2, 0) is 6.54 Å². The van der Waals surface area contributed by atoms with E-state index in [0.29, 0.717) is 12.4 Å². The van der Waals surface area contributed by atoms with Gasteiger partial charge in [-0.1, -0.05) is 6.07 Å². The Balaban J connectivity index is 2.14. The molecule has 0 aliphatic heterocycles. The van der Waals surface area contributed by atoms with Crippen LogP contribution in [0, 0.1) is 6.92 Å². The predicted molar refractivity (Wildman–Crippen MR) is 67.5 cm³/mol. The molecule has 0 saturated heterocycles. The number of aryl methyl sites for hydroxylation is 1. The lowest BCUT2D eigenvalue weighted by molar-refractivity contribution is 0.855. The Morgan fingerprint density at radius 2 is 2.06 bits per heavy atom. The van der Waals surface area contributed by atoms with E-state index in [2.05, 4.69) is 15.0 Å². The van der Waals surface area contributed by atoms with Gasteiger partial charge in [0, 0.05) is 12.7 Å². The standard InChI is InChI=1S/C12H15N5/c1-9-4-3-5-10(15-9)8-17(2)12-7-14-6-11(13)16-12/h3-7H,8H2,1-2H3,(H2,13,16). The summed E-state index contributed by atoms with van der Waals surface area (Å²) in [6.07, 6.45) is 3.22. The van der Waals surface area contributed by atoms with Gasteiger partial charge in [-0.2, -0.15) is 0 Å². The molecular weight excluding hydrogens is 214 g/mol. The van der Waals surface area contributed by atoms with Gasteiger partial charge in [0.2, 0.25) is 0 Å². The first kappa shape index (κ1) is 11.3. The lowest BCUT2D eigenvalue weighted by Gasteiger charge is -2.17. The fourth-order valence-electron chi connectivity index (χ4n) is 1.57. The zero-order chi connectivity index (χ0) is 12.3. The third-order valence-corrected chi connectivity index (χ3v) is 2.38. The minimum atomic E-state index is 0.423. The van der Waals surface area contributed by atoms with E-state index in [1.807, 2.05) is 37.1 Å². The number of hydrogen-bond acceptors (Lipinski definition) is 5. The maximum absolute atomic E-state index is 5.60. The summed E-state index contributed by atoms with van der Waals surface area (Å²) in [6.45, 7) is 2.66. The number of aromatic nitrogens is 3. The molecule has 0 fully saturated rings. The molecule has 0 spiro atoms. The molecule has 2 N–H and O–H groups in total. The molecule has 5 nitrogen and oxygen atoms in total. The van der Waals surface area contributed by atoms with Gasteiger partial charge in [-0.25, -0.2) is 4.98 Å². The predicted octanol–water partition coefficient (Wildman–Crippen LogP) is 1.40. The largest absolute Gasteiger partial charge is 0.382 e. The molecular formula is C12H15N5. The van der Waals surface area contributed by atoms with Gasteiger partial charge in [-0.3, -0.25) is 9.97 Å². The summed E-state index contributed by atoms with van der Waals surface area (Å²) < 4.78 is 0. The quantitative estimate of drug-likeness (QED) is 0.861. The molecule has 88 valence electrons. The normalized spacial score (nSPS) is 10.2. The van der Waals surface area contributed by atoms with E-state index in [1.165, 1.54) is 6.20 Å². The average molecular weight is 229 g/mol. The van der Waals surface area contributed by atoms with E-state index in [9.17, 15) is 0 Å². The zero-order valence-electron chi connectivity index (χ0n) is 9.96. The van der Waals surface area contributed by atoms with Gasteiger partial charge in [0.25, 0.3) is 0 Å². The summed E-state index contributed by atoms with van der Waals surface area (Å²) in [7, 11) is 1.94. The molecule has 0 unspecified atom stereocenters. The van der Waals surface area contributed by atoms with Crippen LogP contribution in [0.3, 0.4) is 0 Å². The van der Waals surface area contributed by atoms with Crippen LogP contribution in [0.4, 0.5) is 11.6 Å². The van der Waals surface area contributed by atoms with Crippen LogP contribution in [0.1, 0.15) is 11.4 Å². The van der Waals surface area contributed by atoms with Crippen LogP contribution >= 0.6 is 0 Å². The molecule has 0 radical (unpaired) electrons. The molecule has 0 bridgehead atoms. The van der Waals surface area contributed by atoms with Gasteiger partial charge < -0.3 is 10.6 Å². The third kappa shape index (κ3) is 2.90. The van der Waals surface area contributed by atoms with Crippen LogP contribution in [0.15, 0.2) is 30.6 Å². The minimum Gasteiger partial charge on any atom is -0.382 e. The summed E-state index contributed by atoms with van der Waals surface area (Å²) in [5.74, 6) is 1.17. The summed E-state index contributed by atoms with van der Waals surface area (Å²) >= 11 is 0. The van der Waals surface area contributed by atoms with Crippen LogP contribution in [0.25, 0.3) is 0 Å². The van der Waals surface area contributed by atoms with Crippen molar-refractivity contribution in [2.24, 2.45) is 0 Å². The molecule has 2 aromatic heterocycles. The first-order valence-electron chi connectivity index (χ1n) is 5.36. The molecule has 0 amide bonds. The molecule has 0 atom stereocenters. The SMILES string of the molecule is Cc1cccc(CN(C)c2cncc(N)n2)n1.